The van der Waals surface area contributed by atoms with Gasteiger partial charge in [0, 0.05) is 31.3 Å². The third-order valence-corrected chi connectivity index (χ3v) is 6.37. The Morgan fingerprint density at radius 2 is 1.83 bits per heavy atom. The van der Waals surface area contributed by atoms with Crippen molar-refractivity contribution in [2.75, 3.05) is 25.1 Å². The van der Waals surface area contributed by atoms with Crippen LogP contribution in [0.4, 0.5) is 10.3 Å². The molecule has 4 rings (SSSR count). The number of aromatic nitrogens is 2. The number of methoxy groups -OCH3 is 1. The zero-order chi connectivity index (χ0) is 20.9. The van der Waals surface area contributed by atoms with E-state index >= 15 is 0 Å². The van der Waals surface area contributed by atoms with Gasteiger partial charge in [-0.1, -0.05) is 25.0 Å². The molecule has 7 heteroatoms. The van der Waals surface area contributed by atoms with Crippen LogP contribution >= 0.6 is 0 Å². The number of piperidine rings is 1. The Kier molecular flexibility index (Phi) is 6.45. The van der Waals surface area contributed by atoms with Crippen LogP contribution in [0, 0.1) is 17.7 Å². The van der Waals surface area contributed by atoms with Crippen LogP contribution in [0.2, 0.25) is 0 Å². The van der Waals surface area contributed by atoms with Crippen LogP contribution in [-0.4, -0.2) is 36.1 Å². The molecule has 1 aromatic heterocycles. The van der Waals surface area contributed by atoms with Gasteiger partial charge in [0.1, 0.15) is 5.82 Å². The van der Waals surface area contributed by atoms with E-state index in [9.17, 15) is 9.18 Å². The van der Waals surface area contributed by atoms with Crippen LogP contribution in [-0.2, 0) is 4.79 Å². The largest absolute Gasteiger partial charge is 0.481 e. The third kappa shape index (κ3) is 4.71. The Morgan fingerprint density at radius 3 is 2.50 bits per heavy atom. The Balaban J connectivity index is 1.39. The van der Waals surface area contributed by atoms with E-state index in [-0.39, 0.29) is 23.7 Å². The van der Waals surface area contributed by atoms with Gasteiger partial charge in [-0.2, -0.15) is 4.98 Å². The molecule has 160 valence electrons. The van der Waals surface area contributed by atoms with Crippen molar-refractivity contribution in [2.24, 2.45) is 11.8 Å². The molecule has 30 heavy (non-hydrogen) atoms. The molecule has 6 nitrogen and oxygen atoms in total. The summed E-state index contributed by atoms with van der Waals surface area (Å²) in [5.74, 6) is 1.42. The van der Waals surface area contributed by atoms with E-state index < -0.39 is 0 Å². The van der Waals surface area contributed by atoms with Crippen molar-refractivity contribution in [1.29, 1.82) is 0 Å². The van der Waals surface area contributed by atoms with Crippen molar-refractivity contribution in [3.05, 3.63) is 47.9 Å². The lowest BCUT2D eigenvalue weighted by atomic mass is 9.89. The smallest absolute Gasteiger partial charge is 0.228 e. The first-order valence-corrected chi connectivity index (χ1v) is 10.8. The number of amides is 1. The van der Waals surface area contributed by atoms with E-state index in [1.807, 2.05) is 0 Å². The van der Waals surface area contributed by atoms with E-state index in [0.29, 0.717) is 17.7 Å². The molecule has 2 aromatic rings. The molecular formula is C23H29FN4O2. The number of carbonyl (C=O) groups is 1. The van der Waals surface area contributed by atoms with Crippen molar-refractivity contribution in [2.45, 2.75) is 44.6 Å². The lowest BCUT2D eigenvalue weighted by molar-refractivity contribution is -0.126. The van der Waals surface area contributed by atoms with Gasteiger partial charge in [-0.3, -0.25) is 4.79 Å². The molecule has 1 unspecified atom stereocenters. The van der Waals surface area contributed by atoms with Gasteiger partial charge in [-0.15, -0.1) is 0 Å². The summed E-state index contributed by atoms with van der Waals surface area (Å²) in [6.07, 6.45) is 7.80. The van der Waals surface area contributed by atoms with Gasteiger partial charge >= 0.3 is 0 Å². The van der Waals surface area contributed by atoms with Crippen LogP contribution in [0.25, 0.3) is 0 Å². The summed E-state index contributed by atoms with van der Waals surface area (Å²) < 4.78 is 18.6. The van der Waals surface area contributed by atoms with Crippen LogP contribution < -0.4 is 15.0 Å². The first-order valence-electron chi connectivity index (χ1n) is 10.8. The number of anilines is 1. The Labute approximate surface area is 176 Å². The second kappa shape index (κ2) is 9.41. The van der Waals surface area contributed by atoms with E-state index in [2.05, 4.69) is 20.2 Å². The fourth-order valence-electron chi connectivity index (χ4n) is 4.65. The summed E-state index contributed by atoms with van der Waals surface area (Å²) in [6.45, 7) is 1.46. The van der Waals surface area contributed by atoms with Crippen LogP contribution in [0.15, 0.2) is 36.5 Å². The summed E-state index contributed by atoms with van der Waals surface area (Å²) in [4.78, 5) is 23.9. The number of carbonyl (C=O) groups excluding carboxylic acids is 1. The molecular weight excluding hydrogens is 383 g/mol. The summed E-state index contributed by atoms with van der Waals surface area (Å²) in [7, 11) is 1.59. The Bertz CT molecular complexity index is 847. The molecule has 1 saturated heterocycles. The molecule has 1 aliphatic carbocycles. The predicted octanol–water partition coefficient (Wildman–Crippen LogP) is 3.89. The molecule has 2 heterocycles. The highest BCUT2D eigenvalue weighted by Crippen LogP contribution is 2.36. The average Bonchev–Trinajstić information content (AvgIpc) is 3.33. The molecule has 1 amide bonds. The van der Waals surface area contributed by atoms with E-state index in [4.69, 9.17) is 4.74 Å². The van der Waals surface area contributed by atoms with Crippen molar-refractivity contribution in [1.82, 2.24) is 15.3 Å². The molecule has 1 saturated carbocycles. The predicted molar refractivity (Wildman–Crippen MR) is 113 cm³/mol. The molecule has 0 spiro atoms. The lowest BCUT2D eigenvalue weighted by Gasteiger charge is -2.33. The number of ether oxygens (including phenoxy) is 1. The number of hydrogen-bond acceptors (Lipinski definition) is 5. The lowest BCUT2D eigenvalue weighted by Crippen LogP contribution is -2.43. The van der Waals surface area contributed by atoms with E-state index in [0.717, 1.165) is 44.3 Å². The highest BCUT2D eigenvalue weighted by molar-refractivity contribution is 5.79. The van der Waals surface area contributed by atoms with Gasteiger partial charge in [0.2, 0.25) is 17.7 Å². The second-order valence-corrected chi connectivity index (χ2v) is 8.24. The van der Waals surface area contributed by atoms with Crippen molar-refractivity contribution < 1.29 is 13.9 Å². The van der Waals surface area contributed by atoms with Gasteiger partial charge in [0.05, 0.1) is 13.2 Å². The summed E-state index contributed by atoms with van der Waals surface area (Å²) in [5.41, 5.74) is 0.999. The van der Waals surface area contributed by atoms with Crippen molar-refractivity contribution >= 4 is 11.9 Å². The first kappa shape index (κ1) is 20.6. The average molecular weight is 413 g/mol. The minimum absolute atomic E-state index is 0.0313. The fraction of sp³-hybridized carbons (Fsp3) is 0.522. The maximum atomic E-state index is 13.4. The number of benzene rings is 1. The molecule has 1 N–H and O–H groups in total. The van der Waals surface area contributed by atoms with E-state index in [1.165, 1.54) is 25.0 Å². The van der Waals surface area contributed by atoms with Crippen molar-refractivity contribution in [3.63, 3.8) is 0 Å². The summed E-state index contributed by atoms with van der Waals surface area (Å²) >= 11 is 0. The normalized spacial score (nSPS) is 18.9. The van der Waals surface area contributed by atoms with Gasteiger partial charge in [-0.05, 0) is 49.3 Å². The van der Waals surface area contributed by atoms with Crippen LogP contribution in [0.1, 0.15) is 50.1 Å². The number of rotatable bonds is 6. The minimum Gasteiger partial charge on any atom is -0.481 e. The highest BCUT2D eigenvalue weighted by Gasteiger charge is 2.32. The van der Waals surface area contributed by atoms with Gasteiger partial charge in [-0.25, -0.2) is 9.37 Å². The fourth-order valence-corrected chi connectivity index (χ4v) is 4.65. The number of halogens is 1. The standard InChI is InChI=1S/C23H29FN4O2/c1-30-20-10-13-25-23(26-20)28-14-11-18(12-15-28)22(29)27-21(16-4-2-3-5-16)17-6-8-19(24)9-7-17/h6-10,13,16,18,21H,2-5,11-12,14-15H2,1H3,(H,27,29). The molecule has 1 aromatic carbocycles. The van der Waals surface area contributed by atoms with Gasteiger partial charge < -0.3 is 15.0 Å². The third-order valence-electron chi connectivity index (χ3n) is 6.37. The molecule has 1 aliphatic heterocycles. The summed E-state index contributed by atoms with van der Waals surface area (Å²) in [6, 6.07) is 8.26. The van der Waals surface area contributed by atoms with E-state index in [1.54, 1.807) is 31.5 Å². The topological polar surface area (TPSA) is 67.3 Å². The van der Waals surface area contributed by atoms with Crippen molar-refractivity contribution in [3.8, 4) is 5.88 Å². The maximum Gasteiger partial charge on any atom is 0.228 e. The molecule has 0 radical (unpaired) electrons. The molecule has 2 aliphatic rings. The number of nitrogens with one attached hydrogen (secondary N) is 1. The monoisotopic (exact) mass is 412 g/mol. The molecule has 0 bridgehead atoms. The quantitative estimate of drug-likeness (QED) is 0.780. The maximum absolute atomic E-state index is 13.4. The zero-order valence-corrected chi connectivity index (χ0v) is 17.4. The summed E-state index contributed by atoms with van der Waals surface area (Å²) in [5, 5.41) is 3.31. The Morgan fingerprint density at radius 1 is 1.13 bits per heavy atom. The number of hydrogen-bond donors (Lipinski definition) is 1. The SMILES string of the molecule is COc1ccnc(N2CCC(C(=O)NC(c3ccc(F)cc3)C3CCCC3)CC2)n1. The van der Waals surface area contributed by atoms with Gasteiger partial charge in [0.15, 0.2) is 0 Å². The minimum atomic E-state index is -0.248. The highest BCUT2D eigenvalue weighted by atomic mass is 19.1. The first-order chi connectivity index (χ1) is 14.6. The second-order valence-electron chi connectivity index (χ2n) is 8.24. The molecule has 1 atom stereocenters. The molecule has 2 fully saturated rings. The Hall–Kier alpha value is -2.70. The van der Waals surface area contributed by atoms with Crippen LogP contribution in [0.5, 0.6) is 5.88 Å². The van der Waals surface area contributed by atoms with Gasteiger partial charge in [0.25, 0.3) is 0 Å². The number of nitrogens with zero attached hydrogens (tertiary/aromatic N) is 3. The van der Waals surface area contributed by atoms with Crippen LogP contribution in [0.3, 0.4) is 0 Å². The zero-order valence-electron chi connectivity index (χ0n) is 17.4.